The molecule has 3 heteroatoms. The molecule has 1 rings (SSSR count). The molecule has 0 bridgehead atoms. The predicted octanol–water partition coefficient (Wildman–Crippen LogP) is 3.59. The van der Waals surface area contributed by atoms with Crippen molar-refractivity contribution in [1.82, 2.24) is 5.32 Å². The maximum absolute atomic E-state index is 5.19. The summed E-state index contributed by atoms with van der Waals surface area (Å²) < 4.78 is 6.20. The topological polar surface area (TPSA) is 21.3 Å². The van der Waals surface area contributed by atoms with Gasteiger partial charge in [-0.05, 0) is 52.5 Å². The first kappa shape index (κ1) is 13.5. The first-order valence-corrected chi connectivity index (χ1v) is 6.46. The van der Waals surface area contributed by atoms with Crippen LogP contribution in [-0.4, -0.2) is 13.7 Å². The highest BCUT2D eigenvalue weighted by Crippen LogP contribution is 2.25. The summed E-state index contributed by atoms with van der Waals surface area (Å²) >= 11 is 3.49. The highest BCUT2D eigenvalue weighted by Gasteiger charge is 2.01. The first-order valence-electron chi connectivity index (χ1n) is 5.66. The van der Waals surface area contributed by atoms with E-state index in [-0.39, 0.29) is 0 Å². The summed E-state index contributed by atoms with van der Waals surface area (Å²) in [4.78, 5) is 0. The molecule has 0 saturated heterocycles. The van der Waals surface area contributed by atoms with Gasteiger partial charge in [0.1, 0.15) is 5.75 Å². The molecule has 0 aromatic heterocycles. The second-order valence-electron chi connectivity index (χ2n) is 4.33. The Bertz CT molecular complexity index is 326. The second-order valence-corrected chi connectivity index (χ2v) is 5.18. The van der Waals surface area contributed by atoms with Crippen molar-refractivity contribution in [2.75, 3.05) is 13.7 Å². The van der Waals surface area contributed by atoms with Gasteiger partial charge in [0, 0.05) is 6.54 Å². The average Bonchev–Trinajstić information content (AvgIpc) is 2.24. The van der Waals surface area contributed by atoms with Crippen LogP contribution >= 0.6 is 15.9 Å². The Kier molecular flexibility index (Phi) is 5.85. The third-order valence-corrected chi connectivity index (χ3v) is 3.06. The van der Waals surface area contributed by atoms with Crippen molar-refractivity contribution in [2.24, 2.45) is 5.92 Å². The van der Waals surface area contributed by atoms with E-state index < -0.39 is 0 Å². The number of halogens is 1. The molecule has 1 aromatic carbocycles. The lowest BCUT2D eigenvalue weighted by Crippen LogP contribution is -2.16. The zero-order chi connectivity index (χ0) is 12.0. The number of rotatable bonds is 6. The van der Waals surface area contributed by atoms with Crippen LogP contribution in [0.15, 0.2) is 22.7 Å². The fraction of sp³-hybridized carbons (Fsp3) is 0.538. The molecule has 0 atom stereocenters. The van der Waals surface area contributed by atoms with Gasteiger partial charge in [0.05, 0.1) is 11.6 Å². The van der Waals surface area contributed by atoms with Crippen LogP contribution in [0.4, 0.5) is 0 Å². The number of hydrogen-bond donors (Lipinski definition) is 1. The van der Waals surface area contributed by atoms with Crippen molar-refractivity contribution in [3.05, 3.63) is 28.2 Å². The van der Waals surface area contributed by atoms with E-state index in [0.29, 0.717) is 0 Å². The van der Waals surface area contributed by atoms with E-state index in [2.05, 4.69) is 47.2 Å². The lowest BCUT2D eigenvalue weighted by Gasteiger charge is -2.09. The van der Waals surface area contributed by atoms with Gasteiger partial charge in [0.25, 0.3) is 0 Å². The van der Waals surface area contributed by atoms with Crippen LogP contribution in [0.3, 0.4) is 0 Å². The summed E-state index contributed by atoms with van der Waals surface area (Å²) in [5.41, 5.74) is 1.27. The van der Waals surface area contributed by atoms with Gasteiger partial charge in [-0.3, -0.25) is 0 Å². The molecule has 0 fully saturated rings. The quantitative estimate of drug-likeness (QED) is 0.807. The Balaban J connectivity index is 2.40. The molecule has 0 aliphatic heterocycles. The molecule has 0 aliphatic rings. The largest absolute Gasteiger partial charge is 0.496 e. The Morgan fingerprint density at radius 3 is 2.69 bits per heavy atom. The lowest BCUT2D eigenvalue weighted by atomic mass is 10.1. The number of hydrogen-bond acceptors (Lipinski definition) is 2. The van der Waals surface area contributed by atoms with E-state index in [4.69, 9.17) is 4.74 Å². The summed E-state index contributed by atoms with van der Waals surface area (Å²) in [5, 5.41) is 3.44. The van der Waals surface area contributed by atoms with Crippen molar-refractivity contribution < 1.29 is 4.74 Å². The number of methoxy groups -OCH3 is 1. The fourth-order valence-electron chi connectivity index (χ4n) is 1.44. The van der Waals surface area contributed by atoms with Crippen LogP contribution in [0.2, 0.25) is 0 Å². The fourth-order valence-corrected chi connectivity index (χ4v) is 2.03. The summed E-state index contributed by atoms with van der Waals surface area (Å²) in [6.07, 6.45) is 1.22. The minimum absolute atomic E-state index is 0.759. The van der Waals surface area contributed by atoms with Crippen molar-refractivity contribution in [2.45, 2.75) is 26.8 Å². The molecule has 0 saturated carbocycles. The molecule has 90 valence electrons. The predicted molar refractivity (Wildman–Crippen MR) is 71.9 cm³/mol. The maximum atomic E-state index is 5.19. The van der Waals surface area contributed by atoms with Gasteiger partial charge in [0.15, 0.2) is 0 Å². The monoisotopic (exact) mass is 285 g/mol. The summed E-state index contributed by atoms with van der Waals surface area (Å²) in [6.45, 7) is 6.47. The Hall–Kier alpha value is -0.540. The molecular weight excluding hydrogens is 266 g/mol. The molecule has 1 N–H and O–H groups in total. The van der Waals surface area contributed by atoms with Crippen LogP contribution in [0.5, 0.6) is 5.75 Å². The highest BCUT2D eigenvalue weighted by molar-refractivity contribution is 9.10. The SMILES string of the molecule is COc1ccc(CNCCC(C)C)cc1Br. The molecule has 16 heavy (non-hydrogen) atoms. The Morgan fingerprint density at radius 2 is 2.12 bits per heavy atom. The van der Waals surface area contributed by atoms with Crippen LogP contribution in [0, 0.1) is 5.92 Å². The molecule has 0 unspecified atom stereocenters. The van der Waals surface area contributed by atoms with Crippen molar-refractivity contribution in [1.29, 1.82) is 0 Å². The van der Waals surface area contributed by atoms with Gasteiger partial charge in [-0.1, -0.05) is 19.9 Å². The molecule has 0 spiro atoms. The number of nitrogens with one attached hydrogen (secondary N) is 1. The molecule has 0 amide bonds. The van der Waals surface area contributed by atoms with Crippen LogP contribution in [0.1, 0.15) is 25.8 Å². The van der Waals surface area contributed by atoms with E-state index in [9.17, 15) is 0 Å². The van der Waals surface area contributed by atoms with E-state index in [1.807, 2.05) is 6.07 Å². The van der Waals surface area contributed by atoms with Gasteiger partial charge in [-0.2, -0.15) is 0 Å². The van der Waals surface area contributed by atoms with Crippen LogP contribution < -0.4 is 10.1 Å². The van der Waals surface area contributed by atoms with Gasteiger partial charge in [-0.25, -0.2) is 0 Å². The van der Waals surface area contributed by atoms with E-state index in [1.165, 1.54) is 12.0 Å². The summed E-state index contributed by atoms with van der Waals surface area (Å²) in [5.74, 6) is 1.64. The van der Waals surface area contributed by atoms with Crippen LogP contribution in [0.25, 0.3) is 0 Å². The summed E-state index contributed by atoms with van der Waals surface area (Å²) in [7, 11) is 1.68. The number of benzene rings is 1. The van der Waals surface area contributed by atoms with Gasteiger partial charge in [0.2, 0.25) is 0 Å². The van der Waals surface area contributed by atoms with Gasteiger partial charge in [-0.15, -0.1) is 0 Å². The Morgan fingerprint density at radius 1 is 1.38 bits per heavy atom. The molecule has 2 nitrogen and oxygen atoms in total. The standard InChI is InChI=1S/C13H20BrNO/c1-10(2)6-7-15-9-11-4-5-13(16-3)12(14)8-11/h4-5,8,10,15H,6-7,9H2,1-3H3. The molecule has 0 heterocycles. The first-order chi connectivity index (χ1) is 7.63. The van der Waals surface area contributed by atoms with E-state index >= 15 is 0 Å². The molecular formula is C13H20BrNO. The van der Waals surface area contributed by atoms with Gasteiger partial charge < -0.3 is 10.1 Å². The van der Waals surface area contributed by atoms with Crippen molar-refractivity contribution in [3.8, 4) is 5.75 Å². The van der Waals surface area contributed by atoms with Crippen molar-refractivity contribution >= 4 is 15.9 Å². The number of ether oxygens (including phenoxy) is 1. The minimum atomic E-state index is 0.759. The lowest BCUT2D eigenvalue weighted by molar-refractivity contribution is 0.412. The second kappa shape index (κ2) is 6.92. The highest BCUT2D eigenvalue weighted by atomic mass is 79.9. The van der Waals surface area contributed by atoms with Gasteiger partial charge >= 0.3 is 0 Å². The zero-order valence-electron chi connectivity index (χ0n) is 10.2. The zero-order valence-corrected chi connectivity index (χ0v) is 11.8. The van der Waals surface area contributed by atoms with Crippen LogP contribution in [-0.2, 0) is 6.54 Å². The van der Waals surface area contributed by atoms with E-state index in [1.54, 1.807) is 7.11 Å². The molecule has 0 radical (unpaired) electrons. The van der Waals surface area contributed by atoms with Crippen molar-refractivity contribution in [3.63, 3.8) is 0 Å². The normalized spacial score (nSPS) is 10.8. The molecule has 0 aliphatic carbocycles. The Labute approximate surface area is 107 Å². The third-order valence-electron chi connectivity index (χ3n) is 2.44. The smallest absolute Gasteiger partial charge is 0.133 e. The average molecular weight is 286 g/mol. The minimum Gasteiger partial charge on any atom is -0.496 e. The molecule has 1 aromatic rings. The third kappa shape index (κ3) is 4.54. The summed E-state index contributed by atoms with van der Waals surface area (Å²) in [6, 6.07) is 6.18. The maximum Gasteiger partial charge on any atom is 0.133 e. The van der Waals surface area contributed by atoms with E-state index in [0.717, 1.165) is 29.2 Å².